The molecule has 2 aromatic rings. The van der Waals surface area contributed by atoms with Crippen LogP contribution in [0.2, 0.25) is 0 Å². The normalized spacial score (nSPS) is 22.2. The lowest BCUT2D eigenvalue weighted by Gasteiger charge is -2.25. The molecule has 0 bridgehead atoms. The van der Waals surface area contributed by atoms with Gasteiger partial charge in [-0.15, -0.1) is 5.10 Å². The molecule has 0 aliphatic carbocycles. The van der Waals surface area contributed by atoms with Crippen molar-refractivity contribution in [2.24, 2.45) is 7.05 Å². The monoisotopic (exact) mass is 262 g/mol. The van der Waals surface area contributed by atoms with Gasteiger partial charge in [0.2, 0.25) is 5.95 Å². The number of anilines is 1. The second-order valence-electron chi connectivity index (χ2n) is 4.70. The zero-order chi connectivity index (χ0) is 13.6. The number of nitrogen functional groups attached to an aromatic ring is 1. The fourth-order valence-corrected chi connectivity index (χ4v) is 2.56. The molecular formula is C11H14N6O2. The van der Waals surface area contributed by atoms with Gasteiger partial charge in [0.15, 0.2) is 6.04 Å². The van der Waals surface area contributed by atoms with Crippen molar-refractivity contribution in [1.29, 1.82) is 0 Å². The van der Waals surface area contributed by atoms with E-state index in [0.717, 1.165) is 5.56 Å². The van der Waals surface area contributed by atoms with Crippen LogP contribution in [0, 0.1) is 0 Å². The fraction of sp³-hybridized carbons (Fsp3) is 0.455. The van der Waals surface area contributed by atoms with E-state index in [1.54, 1.807) is 10.9 Å². The summed E-state index contributed by atoms with van der Waals surface area (Å²) in [6.07, 6.45) is 4.87. The van der Waals surface area contributed by atoms with E-state index in [1.807, 2.05) is 13.2 Å². The molecule has 3 rings (SSSR count). The van der Waals surface area contributed by atoms with E-state index in [-0.39, 0.29) is 11.9 Å². The Labute approximate surface area is 108 Å². The molecule has 2 aromatic heterocycles. The van der Waals surface area contributed by atoms with Gasteiger partial charge in [0.1, 0.15) is 5.82 Å². The summed E-state index contributed by atoms with van der Waals surface area (Å²) in [5.74, 6) is -0.203. The summed E-state index contributed by atoms with van der Waals surface area (Å²) in [7, 11) is 1.84. The average Bonchev–Trinajstić information content (AvgIpc) is 2.92. The first-order valence-corrected chi connectivity index (χ1v) is 5.99. The number of hydrogen-bond donors (Lipinski definition) is 2. The molecule has 0 saturated heterocycles. The summed E-state index contributed by atoms with van der Waals surface area (Å²) in [6, 6.07) is -0.687. The Balaban J connectivity index is 2.05. The topological polar surface area (TPSA) is 112 Å². The van der Waals surface area contributed by atoms with Gasteiger partial charge in [0.05, 0.1) is 6.20 Å². The summed E-state index contributed by atoms with van der Waals surface area (Å²) in [4.78, 5) is 15.4. The molecule has 3 N–H and O–H groups in total. The van der Waals surface area contributed by atoms with E-state index in [1.165, 1.54) is 4.68 Å². The van der Waals surface area contributed by atoms with Crippen LogP contribution in [0.3, 0.4) is 0 Å². The van der Waals surface area contributed by atoms with Crippen LogP contribution in [0.4, 0.5) is 5.95 Å². The lowest BCUT2D eigenvalue weighted by atomic mass is 9.90. The number of aromatic nitrogens is 5. The van der Waals surface area contributed by atoms with Gasteiger partial charge in [-0.25, -0.2) is 9.48 Å². The molecule has 8 nitrogen and oxygen atoms in total. The Morgan fingerprint density at radius 1 is 1.53 bits per heavy atom. The van der Waals surface area contributed by atoms with E-state index >= 15 is 0 Å². The molecule has 1 aliphatic heterocycles. The maximum absolute atomic E-state index is 11.2. The van der Waals surface area contributed by atoms with Gasteiger partial charge in [-0.1, -0.05) is 0 Å². The van der Waals surface area contributed by atoms with Gasteiger partial charge in [0.25, 0.3) is 0 Å². The highest BCUT2D eigenvalue weighted by Gasteiger charge is 2.35. The summed E-state index contributed by atoms with van der Waals surface area (Å²) >= 11 is 0. The zero-order valence-corrected chi connectivity index (χ0v) is 10.4. The maximum Gasteiger partial charge on any atom is 0.328 e. The van der Waals surface area contributed by atoms with E-state index in [4.69, 9.17) is 5.73 Å². The van der Waals surface area contributed by atoms with Crippen LogP contribution in [0.15, 0.2) is 12.4 Å². The average molecular weight is 262 g/mol. The molecule has 0 fully saturated rings. The number of hydrogen-bond acceptors (Lipinski definition) is 5. The van der Waals surface area contributed by atoms with Crippen molar-refractivity contribution >= 4 is 11.9 Å². The van der Waals surface area contributed by atoms with Crippen LogP contribution in [0.25, 0.3) is 0 Å². The fourth-order valence-electron chi connectivity index (χ4n) is 2.56. The first kappa shape index (κ1) is 11.7. The van der Waals surface area contributed by atoms with Gasteiger partial charge in [-0.05, 0) is 12.8 Å². The number of carboxylic acid groups (broad SMARTS) is 1. The van der Waals surface area contributed by atoms with Crippen molar-refractivity contribution in [2.75, 3.05) is 5.73 Å². The second kappa shape index (κ2) is 4.08. The Morgan fingerprint density at radius 2 is 2.32 bits per heavy atom. The van der Waals surface area contributed by atoms with Crippen molar-refractivity contribution in [2.45, 2.75) is 24.8 Å². The van der Waals surface area contributed by atoms with E-state index < -0.39 is 12.0 Å². The van der Waals surface area contributed by atoms with E-state index in [9.17, 15) is 9.90 Å². The highest BCUT2D eigenvalue weighted by atomic mass is 16.4. The molecule has 0 spiro atoms. The standard InChI is InChI=1S/C11H14N6O2/c1-16-5-6(4-13-16)7-2-3-8(10(18)19)17-9(7)14-11(12)15-17/h4-5,7-8H,2-3H2,1H3,(H2,12,15)(H,18,19). The molecule has 0 radical (unpaired) electrons. The summed E-state index contributed by atoms with van der Waals surface area (Å²) in [6.45, 7) is 0. The maximum atomic E-state index is 11.2. The number of nitrogens with zero attached hydrogens (tertiary/aromatic N) is 5. The Bertz CT molecular complexity index is 631. The van der Waals surface area contributed by atoms with Crippen LogP contribution in [0.5, 0.6) is 0 Å². The Morgan fingerprint density at radius 3 is 2.95 bits per heavy atom. The highest BCUT2D eigenvalue weighted by molar-refractivity contribution is 5.72. The number of carboxylic acids is 1. The van der Waals surface area contributed by atoms with Gasteiger partial charge in [-0.3, -0.25) is 4.68 Å². The third-order valence-electron chi connectivity index (χ3n) is 3.42. The van der Waals surface area contributed by atoms with Gasteiger partial charge < -0.3 is 10.8 Å². The van der Waals surface area contributed by atoms with Gasteiger partial charge >= 0.3 is 5.97 Å². The number of aryl methyl sites for hydroxylation is 1. The molecule has 2 atom stereocenters. The molecule has 3 heterocycles. The molecule has 2 unspecified atom stereocenters. The van der Waals surface area contributed by atoms with Crippen molar-refractivity contribution in [3.05, 3.63) is 23.8 Å². The molecule has 19 heavy (non-hydrogen) atoms. The van der Waals surface area contributed by atoms with E-state index in [0.29, 0.717) is 18.7 Å². The molecule has 8 heteroatoms. The minimum atomic E-state index is -0.907. The predicted octanol–water partition coefficient (Wildman–Crippen LogP) is 0.145. The zero-order valence-electron chi connectivity index (χ0n) is 10.4. The van der Waals surface area contributed by atoms with Crippen LogP contribution in [-0.2, 0) is 11.8 Å². The van der Waals surface area contributed by atoms with Crippen molar-refractivity contribution in [3.63, 3.8) is 0 Å². The number of nitrogens with two attached hydrogens (primary N) is 1. The molecule has 0 saturated carbocycles. The number of rotatable bonds is 2. The summed E-state index contributed by atoms with van der Waals surface area (Å²) in [5, 5.41) is 17.4. The first-order chi connectivity index (χ1) is 9.06. The smallest absolute Gasteiger partial charge is 0.328 e. The quantitative estimate of drug-likeness (QED) is 0.796. The molecule has 1 aliphatic rings. The highest BCUT2D eigenvalue weighted by Crippen LogP contribution is 2.36. The molecule has 0 aromatic carbocycles. The van der Waals surface area contributed by atoms with Crippen molar-refractivity contribution in [3.8, 4) is 0 Å². The summed E-state index contributed by atoms with van der Waals surface area (Å²) in [5.41, 5.74) is 6.61. The Kier molecular flexibility index (Phi) is 2.51. The Hall–Kier alpha value is -2.38. The van der Waals surface area contributed by atoms with Crippen molar-refractivity contribution in [1.82, 2.24) is 24.5 Å². The van der Waals surface area contributed by atoms with Crippen LogP contribution in [-0.4, -0.2) is 35.6 Å². The second-order valence-corrected chi connectivity index (χ2v) is 4.70. The minimum absolute atomic E-state index is 0.00546. The lowest BCUT2D eigenvalue weighted by molar-refractivity contribution is -0.141. The number of aliphatic carboxylic acids is 1. The van der Waals surface area contributed by atoms with Crippen molar-refractivity contribution < 1.29 is 9.90 Å². The predicted molar refractivity (Wildman–Crippen MR) is 65.4 cm³/mol. The minimum Gasteiger partial charge on any atom is -0.480 e. The lowest BCUT2D eigenvalue weighted by Crippen LogP contribution is -2.28. The van der Waals surface area contributed by atoms with Crippen LogP contribution < -0.4 is 5.73 Å². The van der Waals surface area contributed by atoms with Gasteiger partial charge in [-0.2, -0.15) is 10.1 Å². The SMILES string of the molecule is Cn1cc(C2CCC(C(=O)O)n3nc(N)nc32)cn1. The third-order valence-corrected chi connectivity index (χ3v) is 3.42. The number of fused-ring (bicyclic) bond motifs is 1. The van der Waals surface area contributed by atoms with E-state index in [2.05, 4.69) is 15.2 Å². The first-order valence-electron chi connectivity index (χ1n) is 5.99. The largest absolute Gasteiger partial charge is 0.480 e. The van der Waals surface area contributed by atoms with Gasteiger partial charge in [0, 0.05) is 24.7 Å². The van der Waals surface area contributed by atoms with Crippen LogP contribution in [0.1, 0.15) is 36.2 Å². The molecular weight excluding hydrogens is 248 g/mol. The molecule has 100 valence electrons. The third kappa shape index (κ3) is 1.85. The molecule has 0 amide bonds. The number of carbonyl (C=O) groups is 1. The summed E-state index contributed by atoms with van der Waals surface area (Å²) < 4.78 is 3.14. The van der Waals surface area contributed by atoms with Crippen LogP contribution >= 0.6 is 0 Å².